The number of nitrogens with zero attached hydrogens (tertiary/aromatic N) is 3. The second-order valence-electron chi connectivity index (χ2n) is 7.08. The van der Waals surface area contributed by atoms with Crippen LogP contribution in [-0.2, 0) is 22.7 Å². The van der Waals surface area contributed by atoms with Crippen molar-refractivity contribution in [1.29, 1.82) is 0 Å². The van der Waals surface area contributed by atoms with E-state index in [2.05, 4.69) is 30.3 Å². The molecule has 180 valence electrons. The highest BCUT2D eigenvalue weighted by atomic mass is 32.2. The predicted octanol–water partition coefficient (Wildman–Crippen LogP) is 4.21. The van der Waals surface area contributed by atoms with Gasteiger partial charge in [-0.05, 0) is 44.2 Å². The molecule has 0 aliphatic carbocycles. The summed E-state index contributed by atoms with van der Waals surface area (Å²) in [4.78, 5) is 23.0. The lowest BCUT2D eigenvalue weighted by Crippen LogP contribution is -2.18. The maximum absolute atomic E-state index is 13.5. The number of benzene rings is 1. The van der Waals surface area contributed by atoms with Crippen LogP contribution >= 0.6 is 0 Å². The van der Waals surface area contributed by atoms with Gasteiger partial charge in [-0.2, -0.15) is 18.2 Å². The Morgan fingerprint density at radius 2 is 1.76 bits per heavy atom. The third-order valence-electron chi connectivity index (χ3n) is 4.61. The number of pyridine rings is 1. The Labute approximate surface area is 193 Å². The van der Waals surface area contributed by atoms with Crippen LogP contribution in [0.2, 0.25) is 0 Å². The maximum atomic E-state index is 13.5. The smallest absolute Gasteiger partial charge is 0.365 e. The predicted molar refractivity (Wildman–Crippen MR) is 121 cm³/mol. The zero-order valence-corrected chi connectivity index (χ0v) is 19.0. The van der Waals surface area contributed by atoms with Crippen LogP contribution in [0.1, 0.15) is 35.3 Å². The molecule has 0 aliphatic heterocycles. The quantitative estimate of drug-likeness (QED) is 0.378. The number of hydrogen-bond donors (Lipinski definition) is 3. The molecule has 0 amide bonds. The van der Waals surface area contributed by atoms with Crippen LogP contribution in [-0.4, -0.2) is 34.9 Å². The van der Waals surface area contributed by atoms with Crippen molar-refractivity contribution in [2.24, 2.45) is 0 Å². The Morgan fingerprint density at radius 3 is 2.38 bits per heavy atom. The summed E-state index contributed by atoms with van der Waals surface area (Å²) in [6.07, 6.45) is -2.72. The SMILES string of the molecule is CCS(=O)(=O)Nc1ncccc1CNc1nc(Nc2ccc(C(C)=O)cc2)ncc1C(F)(F)F. The zero-order valence-electron chi connectivity index (χ0n) is 18.1. The number of alkyl halides is 3. The maximum Gasteiger partial charge on any atom is 0.421 e. The molecule has 0 fully saturated rings. The molecular formula is C21H21F3N6O3S. The van der Waals surface area contributed by atoms with Gasteiger partial charge < -0.3 is 10.6 Å². The van der Waals surface area contributed by atoms with Crippen molar-refractivity contribution in [2.45, 2.75) is 26.6 Å². The number of carbonyl (C=O) groups excluding carboxylic acids is 1. The van der Waals surface area contributed by atoms with E-state index in [0.29, 0.717) is 23.0 Å². The Morgan fingerprint density at radius 1 is 1.06 bits per heavy atom. The Bertz CT molecular complexity index is 1280. The Balaban J connectivity index is 1.86. The van der Waals surface area contributed by atoms with Gasteiger partial charge in [0.25, 0.3) is 0 Å². The number of hydrogen-bond acceptors (Lipinski definition) is 8. The molecule has 2 aromatic heterocycles. The molecule has 34 heavy (non-hydrogen) atoms. The van der Waals surface area contributed by atoms with Crippen molar-refractivity contribution < 1.29 is 26.4 Å². The van der Waals surface area contributed by atoms with Crippen molar-refractivity contribution in [1.82, 2.24) is 15.0 Å². The number of aromatic nitrogens is 3. The van der Waals surface area contributed by atoms with Gasteiger partial charge in [0.15, 0.2) is 5.78 Å². The number of rotatable bonds is 9. The summed E-state index contributed by atoms with van der Waals surface area (Å²) in [6, 6.07) is 9.34. The van der Waals surface area contributed by atoms with E-state index in [0.717, 1.165) is 0 Å². The summed E-state index contributed by atoms with van der Waals surface area (Å²) in [7, 11) is -3.64. The van der Waals surface area contributed by atoms with E-state index < -0.39 is 27.6 Å². The van der Waals surface area contributed by atoms with E-state index in [1.54, 1.807) is 24.3 Å². The van der Waals surface area contributed by atoms with Crippen LogP contribution in [0, 0.1) is 0 Å². The van der Waals surface area contributed by atoms with Gasteiger partial charge in [-0.15, -0.1) is 0 Å². The van der Waals surface area contributed by atoms with Gasteiger partial charge in [-0.3, -0.25) is 9.52 Å². The van der Waals surface area contributed by atoms with Gasteiger partial charge in [-0.25, -0.2) is 18.4 Å². The molecule has 2 heterocycles. The fourth-order valence-corrected chi connectivity index (χ4v) is 3.40. The van der Waals surface area contributed by atoms with Crippen molar-refractivity contribution in [3.63, 3.8) is 0 Å². The average Bonchev–Trinajstić information content (AvgIpc) is 2.78. The lowest BCUT2D eigenvalue weighted by atomic mass is 10.1. The molecule has 0 saturated heterocycles. The second-order valence-corrected chi connectivity index (χ2v) is 9.09. The minimum absolute atomic E-state index is 0.00312. The van der Waals surface area contributed by atoms with Gasteiger partial charge >= 0.3 is 6.18 Å². The monoisotopic (exact) mass is 494 g/mol. The summed E-state index contributed by atoms with van der Waals surface area (Å²) in [5.41, 5.74) is 0.177. The van der Waals surface area contributed by atoms with Crippen LogP contribution in [0.4, 0.5) is 36.4 Å². The number of anilines is 4. The minimum atomic E-state index is -4.73. The van der Waals surface area contributed by atoms with Crippen LogP contribution < -0.4 is 15.4 Å². The number of halogens is 3. The van der Waals surface area contributed by atoms with Crippen LogP contribution in [0.3, 0.4) is 0 Å². The first-order chi connectivity index (χ1) is 16.0. The molecule has 0 saturated carbocycles. The summed E-state index contributed by atoms with van der Waals surface area (Å²) in [5, 5.41) is 5.39. The van der Waals surface area contributed by atoms with E-state index in [9.17, 15) is 26.4 Å². The molecular weight excluding hydrogens is 473 g/mol. The lowest BCUT2D eigenvalue weighted by molar-refractivity contribution is -0.137. The first-order valence-corrected chi connectivity index (χ1v) is 11.6. The fourth-order valence-electron chi connectivity index (χ4n) is 2.77. The van der Waals surface area contributed by atoms with E-state index in [1.807, 2.05) is 0 Å². The third kappa shape index (κ3) is 6.41. The normalized spacial score (nSPS) is 11.7. The topological polar surface area (TPSA) is 126 Å². The Hall–Kier alpha value is -3.74. The Kier molecular flexibility index (Phi) is 7.35. The van der Waals surface area contributed by atoms with Crippen molar-refractivity contribution in [2.75, 3.05) is 21.1 Å². The molecule has 9 nitrogen and oxygen atoms in total. The second kappa shape index (κ2) is 10.0. The van der Waals surface area contributed by atoms with Crippen molar-refractivity contribution in [3.8, 4) is 0 Å². The largest absolute Gasteiger partial charge is 0.421 e. The lowest BCUT2D eigenvalue weighted by Gasteiger charge is -2.16. The summed E-state index contributed by atoms with van der Waals surface area (Å²) >= 11 is 0. The molecule has 0 bridgehead atoms. The number of carbonyl (C=O) groups is 1. The average molecular weight is 494 g/mol. The van der Waals surface area contributed by atoms with Crippen LogP contribution in [0.5, 0.6) is 0 Å². The number of ketones is 1. The van der Waals surface area contributed by atoms with Gasteiger partial charge in [0.2, 0.25) is 16.0 Å². The summed E-state index contributed by atoms with van der Waals surface area (Å²) in [5.74, 6) is -0.922. The zero-order chi connectivity index (χ0) is 24.9. The van der Waals surface area contributed by atoms with Gasteiger partial charge in [0.1, 0.15) is 17.2 Å². The van der Waals surface area contributed by atoms with Crippen molar-refractivity contribution >= 4 is 39.1 Å². The van der Waals surface area contributed by atoms with E-state index >= 15 is 0 Å². The number of Topliss-reactive ketones (excluding diaryl/α,β-unsaturated/α-hetero) is 1. The molecule has 0 atom stereocenters. The molecule has 0 aliphatic rings. The molecule has 3 rings (SSSR count). The van der Waals surface area contributed by atoms with Crippen LogP contribution in [0.25, 0.3) is 0 Å². The minimum Gasteiger partial charge on any atom is -0.365 e. The first-order valence-electron chi connectivity index (χ1n) is 9.99. The van der Waals surface area contributed by atoms with E-state index in [-0.39, 0.29) is 29.8 Å². The van der Waals surface area contributed by atoms with E-state index in [4.69, 9.17) is 0 Å². The molecule has 13 heteroatoms. The highest BCUT2D eigenvalue weighted by Gasteiger charge is 2.35. The highest BCUT2D eigenvalue weighted by Crippen LogP contribution is 2.34. The molecule has 3 N–H and O–H groups in total. The molecule has 1 aromatic carbocycles. The van der Waals surface area contributed by atoms with E-state index in [1.165, 1.54) is 32.2 Å². The van der Waals surface area contributed by atoms with Crippen molar-refractivity contribution in [3.05, 3.63) is 65.5 Å². The van der Waals surface area contributed by atoms with Gasteiger partial charge in [0, 0.05) is 35.8 Å². The molecule has 0 spiro atoms. The van der Waals surface area contributed by atoms with Gasteiger partial charge in [-0.1, -0.05) is 6.07 Å². The number of sulfonamides is 1. The fraction of sp³-hybridized carbons (Fsp3) is 0.238. The van der Waals surface area contributed by atoms with Gasteiger partial charge in [0.05, 0.1) is 5.75 Å². The first kappa shape index (κ1) is 24.9. The van der Waals surface area contributed by atoms with Crippen LogP contribution in [0.15, 0.2) is 48.8 Å². The number of nitrogens with one attached hydrogen (secondary N) is 3. The molecule has 0 radical (unpaired) electrons. The summed E-state index contributed by atoms with van der Waals surface area (Å²) in [6.45, 7) is 2.67. The highest BCUT2D eigenvalue weighted by molar-refractivity contribution is 7.92. The summed E-state index contributed by atoms with van der Waals surface area (Å²) < 4.78 is 66.7. The molecule has 0 unspecified atom stereocenters. The molecule has 3 aromatic rings. The standard InChI is InChI=1S/C21H21F3N6O3S/c1-3-34(32,33)30-18-15(5-4-10-25-18)11-26-19-17(21(22,23)24)12-27-20(29-19)28-16-8-6-14(7-9-16)13(2)31/h4-10,12H,3,11H2,1-2H3,(H,25,30)(H2,26,27,28,29). The third-order valence-corrected chi connectivity index (χ3v) is 5.88.